The minimum Gasteiger partial charge on any atom is -0.494 e. The average molecular weight is 307 g/mol. The van der Waals surface area contributed by atoms with E-state index in [4.69, 9.17) is 15.2 Å². The molecular weight excluding hydrogens is 282 g/mol. The van der Waals surface area contributed by atoms with Crippen LogP contribution in [0.5, 0.6) is 5.75 Å². The van der Waals surface area contributed by atoms with Gasteiger partial charge in [-0.15, -0.1) is 4.91 Å². The summed E-state index contributed by atoms with van der Waals surface area (Å²) in [5, 5.41) is 2.87. The minimum absolute atomic E-state index is 0.238. The largest absolute Gasteiger partial charge is 0.494 e. The van der Waals surface area contributed by atoms with Crippen LogP contribution in [-0.4, -0.2) is 24.8 Å². The summed E-state index contributed by atoms with van der Waals surface area (Å²) in [4.78, 5) is 14.6. The Kier molecular flexibility index (Phi) is 7.36. The topological polar surface area (TPSA) is 86.3 Å². The fourth-order valence-electron chi connectivity index (χ4n) is 1.75. The molecule has 0 atom stereocenters. The van der Waals surface area contributed by atoms with Crippen molar-refractivity contribution in [1.82, 2.24) is 0 Å². The highest BCUT2D eigenvalue weighted by atomic mass is 16.5. The molecule has 6 heteroatoms. The van der Waals surface area contributed by atoms with Crippen molar-refractivity contribution in [2.45, 2.75) is 45.6 Å². The van der Waals surface area contributed by atoms with Crippen molar-refractivity contribution < 1.29 is 9.47 Å². The van der Waals surface area contributed by atoms with Crippen LogP contribution >= 0.6 is 0 Å². The molecule has 0 aliphatic heterocycles. The van der Waals surface area contributed by atoms with Crippen molar-refractivity contribution in [2.24, 2.45) is 15.9 Å². The zero-order chi connectivity index (χ0) is 16.4. The van der Waals surface area contributed by atoms with Gasteiger partial charge in [-0.2, -0.15) is 0 Å². The molecular formula is C16H25N3O3. The van der Waals surface area contributed by atoms with Crippen molar-refractivity contribution in [3.8, 4) is 5.75 Å². The van der Waals surface area contributed by atoms with Gasteiger partial charge in [-0.3, -0.25) is 0 Å². The summed E-state index contributed by atoms with van der Waals surface area (Å²) in [5.41, 5.74) is 5.74. The highest BCUT2D eigenvalue weighted by Gasteiger charge is 2.11. The van der Waals surface area contributed by atoms with Crippen molar-refractivity contribution >= 4 is 11.7 Å². The van der Waals surface area contributed by atoms with E-state index >= 15 is 0 Å². The van der Waals surface area contributed by atoms with Crippen molar-refractivity contribution in [1.29, 1.82) is 0 Å². The third kappa shape index (κ3) is 8.24. The number of hydrogen-bond acceptors (Lipinski definition) is 5. The molecule has 0 heterocycles. The zero-order valence-electron chi connectivity index (χ0n) is 13.5. The molecule has 0 unspecified atom stereocenters. The van der Waals surface area contributed by atoms with E-state index in [1.807, 2.05) is 26.8 Å². The van der Waals surface area contributed by atoms with Gasteiger partial charge in [0.05, 0.1) is 6.61 Å². The summed E-state index contributed by atoms with van der Waals surface area (Å²) in [6.07, 6.45) is 2.82. The molecule has 0 spiro atoms. The lowest BCUT2D eigenvalue weighted by Crippen LogP contribution is -2.29. The van der Waals surface area contributed by atoms with Crippen LogP contribution in [0.3, 0.4) is 0 Å². The van der Waals surface area contributed by atoms with E-state index in [0.717, 1.165) is 19.3 Å². The summed E-state index contributed by atoms with van der Waals surface area (Å²) >= 11 is 0. The van der Waals surface area contributed by atoms with Gasteiger partial charge < -0.3 is 15.2 Å². The van der Waals surface area contributed by atoms with Gasteiger partial charge >= 0.3 is 0 Å². The second kappa shape index (κ2) is 9.02. The Morgan fingerprint density at radius 2 is 2.00 bits per heavy atom. The number of nitrogens with zero attached hydrogens (tertiary/aromatic N) is 2. The zero-order valence-corrected chi connectivity index (χ0v) is 13.5. The molecule has 0 fully saturated rings. The predicted molar refractivity (Wildman–Crippen MR) is 88.6 cm³/mol. The normalized spacial score (nSPS) is 12.0. The molecule has 0 aromatic heterocycles. The van der Waals surface area contributed by atoms with Gasteiger partial charge in [0.25, 0.3) is 6.02 Å². The Balaban J connectivity index is 2.13. The fourth-order valence-corrected chi connectivity index (χ4v) is 1.75. The molecule has 1 rings (SSSR count). The highest BCUT2D eigenvalue weighted by molar-refractivity contribution is 5.71. The van der Waals surface area contributed by atoms with Crippen LogP contribution < -0.4 is 10.5 Å². The second-order valence-electron chi connectivity index (χ2n) is 5.93. The first-order valence-electron chi connectivity index (χ1n) is 7.46. The van der Waals surface area contributed by atoms with Crippen LogP contribution in [0.1, 0.15) is 40.0 Å². The quantitative estimate of drug-likeness (QED) is 0.343. The van der Waals surface area contributed by atoms with Crippen LogP contribution in [0, 0.1) is 4.91 Å². The van der Waals surface area contributed by atoms with E-state index in [1.54, 1.807) is 18.2 Å². The molecule has 0 saturated carbocycles. The predicted octanol–water partition coefficient (Wildman–Crippen LogP) is 3.76. The van der Waals surface area contributed by atoms with E-state index in [1.165, 1.54) is 0 Å². The Morgan fingerprint density at radius 3 is 2.68 bits per heavy atom. The van der Waals surface area contributed by atoms with Crippen molar-refractivity contribution in [3.05, 3.63) is 29.2 Å². The molecule has 6 nitrogen and oxygen atoms in total. The Hall–Kier alpha value is -2.11. The SMILES string of the molecule is CC(C)(C)OC(N)=NCCCCCOc1cccc(N=O)c1. The first-order chi connectivity index (χ1) is 10.4. The van der Waals surface area contributed by atoms with Crippen LogP contribution in [0.15, 0.2) is 34.4 Å². The molecule has 0 radical (unpaired) electrons. The lowest BCUT2D eigenvalue weighted by Gasteiger charge is -2.19. The number of nitrogens with two attached hydrogens (primary N) is 1. The summed E-state index contributed by atoms with van der Waals surface area (Å²) in [6, 6.07) is 7.06. The first-order valence-corrected chi connectivity index (χ1v) is 7.46. The molecule has 0 aliphatic carbocycles. The molecule has 1 aromatic carbocycles. The maximum atomic E-state index is 10.4. The van der Waals surface area contributed by atoms with E-state index in [2.05, 4.69) is 10.2 Å². The molecule has 0 saturated heterocycles. The molecule has 22 heavy (non-hydrogen) atoms. The summed E-state index contributed by atoms with van der Waals surface area (Å²) < 4.78 is 11.0. The van der Waals surface area contributed by atoms with Gasteiger partial charge in [0, 0.05) is 12.6 Å². The molecule has 0 amide bonds. The maximum Gasteiger partial charge on any atom is 0.282 e. The van der Waals surface area contributed by atoms with E-state index in [0.29, 0.717) is 24.6 Å². The number of rotatable bonds is 8. The maximum absolute atomic E-state index is 10.4. The number of benzene rings is 1. The number of ether oxygens (including phenoxy) is 2. The lowest BCUT2D eigenvalue weighted by molar-refractivity contribution is 0.113. The van der Waals surface area contributed by atoms with Crippen LogP contribution in [0.4, 0.5) is 5.69 Å². The fraction of sp³-hybridized carbons (Fsp3) is 0.562. The number of amidine groups is 1. The number of unbranched alkanes of at least 4 members (excludes halogenated alkanes) is 2. The van der Waals surface area contributed by atoms with Crippen molar-refractivity contribution in [3.63, 3.8) is 0 Å². The molecule has 0 aliphatic rings. The summed E-state index contributed by atoms with van der Waals surface area (Å²) in [7, 11) is 0. The number of aliphatic imine (C=N–C) groups is 1. The first kappa shape index (κ1) is 17.9. The summed E-state index contributed by atoms with van der Waals surface area (Å²) in [5.74, 6) is 0.665. The van der Waals surface area contributed by atoms with Crippen LogP contribution in [0.25, 0.3) is 0 Å². The minimum atomic E-state index is -0.313. The monoisotopic (exact) mass is 307 g/mol. The van der Waals surface area contributed by atoms with Gasteiger partial charge in [-0.25, -0.2) is 4.99 Å². The van der Waals surface area contributed by atoms with Crippen molar-refractivity contribution in [2.75, 3.05) is 13.2 Å². The molecule has 2 N–H and O–H groups in total. The summed E-state index contributed by atoms with van der Waals surface area (Å²) in [6.45, 7) is 7.04. The van der Waals surface area contributed by atoms with Gasteiger partial charge in [0.1, 0.15) is 17.0 Å². The average Bonchev–Trinajstić information content (AvgIpc) is 2.44. The smallest absolute Gasteiger partial charge is 0.282 e. The lowest BCUT2D eigenvalue weighted by atomic mass is 10.2. The standard InChI is InChI=1S/C16H25N3O3/c1-16(2,3)22-15(17)18-10-5-4-6-11-21-14-9-7-8-13(12-14)19-20/h7-9,12H,4-6,10-11H2,1-3H3,(H2,17,18). The number of hydrogen-bond donors (Lipinski definition) is 1. The van der Waals surface area contributed by atoms with Gasteiger partial charge in [-0.1, -0.05) is 6.07 Å². The van der Waals surface area contributed by atoms with Crippen LogP contribution in [0.2, 0.25) is 0 Å². The third-order valence-electron chi connectivity index (χ3n) is 2.67. The molecule has 0 bridgehead atoms. The Bertz CT molecular complexity index is 496. The van der Waals surface area contributed by atoms with Crippen LogP contribution in [-0.2, 0) is 4.74 Å². The van der Waals surface area contributed by atoms with Gasteiger partial charge in [0.15, 0.2) is 0 Å². The van der Waals surface area contributed by atoms with E-state index in [-0.39, 0.29) is 11.6 Å². The third-order valence-corrected chi connectivity index (χ3v) is 2.67. The molecule has 122 valence electrons. The molecule has 1 aromatic rings. The van der Waals surface area contributed by atoms with E-state index < -0.39 is 0 Å². The highest BCUT2D eigenvalue weighted by Crippen LogP contribution is 2.19. The Labute approximate surface area is 131 Å². The number of nitroso groups, excluding NO2 is 1. The second-order valence-corrected chi connectivity index (χ2v) is 5.93. The van der Waals surface area contributed by atoms with Gasteiger partial charge in [-0.05, 0) is 57.3 Å². The van der Waals surface area contributed by atoms with E-state index in [9.17, 15) is 4.91 Å². The Morgan fingerprint density at radius 1 is 1.23 bits per heavy atom. The van der Waals surface area contributed by atoms with Gasteiger partial charge in [0.2, 0.25) is 0 Å².